The Labute approximate surface area is 141 Å². The van der Waals surface area contributed by atoms with E-state index in [1.54, 1.807) is 36.4 Å². The zero-order chi connectivity index (χ0) is 17.7. The molecule has 0 heterocycles. The fourth-order valence-corrected chi connectivity index (χ4v) is 2.95. The zero-order valence-corrected chi connectivity index (χ0v) is 14.1. The number of carbonyl (C=O) groups excluding carboxylic acids is 1. The van der Waals surface area contributed by atoms with Gasteiger partial charge in [0.2, 0.25) is 10.0 Å². The minimum Gasteiger partial charge on any atom is -0.289 e. The second-order valence-corrected chi connectivity index (χ2v) is 7.40. The van der Waals surface area contributed by atoms with Gasteiger partial charge in [-0.2, -0.15) is 5.26 Å². The predicted molar refractivity (Wildman–Crippen MR) is 91.8 cm³/mol. The number of benzene rings is 2. The topological polar surface area (TPSA) is 78.2 Å². The molecule has 0 aliphatic rings. The second kappa shape index (κ2) is 7.21. The average Bonchev–Trinajstić information content (AvgIpc) is 2.59. The standard InChI is InChI=1S/C18H16N2O3S/c1-20(2)24(22,23)17-8-4-7-16(12-17)18(21)10-9-14-5-3-6-15(11-14)13-19/h3-12H,1-2H3/b10-9-. The van der Waals surface area contributed by atoms with Crippen molar-refractivity contribution in [1.29, 1.82) is 5.26 Å². The van der Waals surface area contributed by atoms with Crippen LogP contribution in [0.2, 0.25) is 0 Å². The van der Waals surface area contributed by atoms with Gasteiger partial charge in [-0.3, -0.25) is 4.79 Å². The van der Waals surface area contributed by atoms with Crippen LogP contribution in [0.5, 0.6) is 0 Å². The lowest BCUT2D eigenvalue weighted by Gasteiger charge is -2.11. The van der Waals surface area contributed by atoms with E-state index >= 15 is 0 Å². The molecule has 5 nitrogen and oxygen atoms in total. The van der Waals surface area contributed by atoms with Crippen molar-refractivity contribution in [3.8, 4) is 6.07 Å². The van der Waals surface area contributed by atoms with Crippen LogP contribution in [-0.2, 0) is 10.0 Å². The average molecular weight is 340 g/mol. The highest BCUT2D eigenvalue weighted by Crippen LogP contribution is 2.16. The molecular formula is C18H16N2O3S. The number of nitriles is 1. The van der Waals surface area contributed by atoms with Gasteiger partial charge in [-0.05, 0) is 35.9 Å². The maximum atomic E-state index is 12.3. The normalized spacial score (nSPS) is 11.6. The van der Waals surface area contributed by atoms with Gasteiger partial charge in [0.15, 0.2) is 5.78 Å². The largest absolute Gasteiger partial charge is 0.289 e. The summed E-state index contributed by atoms with van der Waals surface area (Å²) in [6.07, 6.45) is 2.95. The van der Waals surface area contributed by atoms with Crippen molar-refractivity contribution in [3.05, 3.63) is 71.3 Å². The minimum absolute atomic E-state index is 0.0678. The first-order valence-corrected chi connectivity index (χ1v) is 8.54. The molecule has 0 radical (unpaired) electrons. The maximum absolute atomic E-state index is 12.3. The van der Waals surface area contributed by atoms with Gasteiger partial charge in [-0.25, -0.2) is 12.7 Å². The van der Waals surface area contributed by atoms with E-state index in [4.69, 9.17) is 5.26 Å². The van der Waals surface area contributed by atoms with Crippen LogP contribution in [0, 0.1) is 11.3 Å². The van der Waals surface area contributed by atoms with E-state index in [9.17, 15) is 13.2 Å². The number of hydrogen-bond donors (Lipinski definition) is 0. The third-order valence-corrected chi connectivity index (χ3v) is 5.15. The van der Waals surface area contributed by atoms with E-state index in [0.29, 0.717) is 5.56 Å². The van der Waals surface area contributed by atoms with Gasteiger partial charge >= 0.3 is 0 Å². The molecule has 0 N–H and O–H groups in total. The Balaban J connectivity index is 2.28. The first kappa shape index (κ1) is 17.6. The Bertz CT molecular complexity index is 939. The molecule has 0 saturated carbocycles. The molecule has 2 aromatic rings. The Hall–Kier alpha value is -2.75. The monoisotopic (exact) mass is 340 g/mol. The van der Waals surface area contributed by atoms with Crippen LogP contribution in [0.15, 0.2) is 59.5 Å². The van der Waals surface area contributed by atoms with Crippen LogP contribution in [0.3, 0.4) is 0 Å². The van der Waals surface area contributed by atoms with Gasteiger partial charge in [-0.1, -0.05) is 30.3 Å². The highest BCUT2D eigenvalue weighted by atomic mass is 32.2. The van der Waals surface area contributed by atoms with Crippen LogP contribution in [0.25, 0.3) is 6.08 Å². The molecule has 0 aliphatic carbocycles. The van der Waals surface area contributed by atoms with Crippen LogP contribution >= 0.6 is 0 Å². The van der Waals surface area contributed by atoms with Crippen LogP contribution in [-0.4, -0.2) is 32.6 Å². The Kier molecular flexibility index (Phi) is 5.29. The van der Waals surface area contributed by atoms with Gasteiger partial charge in [0.05, 0.1) is 16.5 Å². The molecule has 0 fully saturated rings. The highest BCUT2D eigenvalue weighted by molar-refractivity contribution is 7.89. The summed E-state index contributed by atoms with van der Waals surface area (Å²) in [5, 5.41) is 8.87. The van der Waals surface area contributed by atoms with Crippen molar-refractivity contribution < 1.29 is 13.2 Å². The van der Waals surface area contributed by atoms with Crippen molar-refractivity contribution >= 4 is 21.9 Å². The summed E-state index contributed by atoms with van der Waals surface area (Å²) >= 11 is 0. The molecule has 0 atom stereocenters. The lowest BCUT2D eigenvalue weighted by molar-refractivity contribution is 0.104. The molecule has 0 spiro atoms. The number of sulfonamides is 1. The van der Waals surface area contributed by atoms with Crippen molar-refractivity contribution in [2.45, 2.75) is 4.90 Å². The summed E-state index contributed by atoms with van der Waals surface area (Å²) in [6.45, 7) is 0. The molecule has 0 unspecified atom stereocenters. The zero-order valence-electron chi connectivity index (χ0n) is 13.3. The van der Waals surface area contributed by atoms with E-state index in [0.717, 1.165) is 9.87 Å². The number of ketones is 1. The summed E-state index contributed by atoms with van der Waals surface area (Å²) in [5.41, 5.74) is 1.51. The Morgan fingerprint density at radius 1 is 1.12 bits per heavy atom. The summed E-state index contributed by atoms with van der Waals surface area (Å²) in [5.74, 6) is -0.312. The van der Waals surface area contributed by atoms with E-state index in [2.05, 4.69) is 0 Å². The smallest absolute Gasteiger partial charge is 0.242 e. The van der Waals surface area contributed by atoms with Crippen LogP contribution < -0.4 is 0 Å². The number of hydrogen-bond acceptors (Lipinski definition) is 4. The summed E-state index contributed by atoms with van der Waals surface area (Å²) in [6, 6.07) is 14.8. The first-order chi connectivity index (χ1) is 11.3. The van der Waals surface area contributed by atoms with Gasteiger partial charge < -0.3 is 0 Å². The number of nitrogens with zero attached hydrogens (tertiary/aromatic N) is 2. The molecule has 0 aliphatic heterocycles. The van der Waals surface area contributed by atoms with E-state index in [-0.39, 0.29) is 16.2 Å². The lowest BCUT2D eigenvalue weighted by Crippen LogP contribution is -2.22. The summed E-state index contributed by atoms with van der Waals surface area (Å²) in [4.78, 5) is 12.3. The van der Waals surface area contributed by atoms with Crippen molar-refractivity contribution in [3.63, 3.8) is 0 Å². The predicted octanol–water partition coefficient (Wildman–Crippen LogP) is 2.70. The van der Waals surface area contributed by atoms with Crippen molar-refractivity contribution in [2.75, 3.05) is 14.1 Å². The fourth-order valence-electron chi connectivity index (χ4n) is 2.00. The molecule has 0 saturated heterocycles. The number of allylic oxidation sites excluding steroid dienone is 1. The van der Waals surface area contributed by atoms with Crippen LogP contribution in [0.1, 0.15) is 21.5 Å². The minimum atomic E-state index is -3.59. The third-order valence-electron chi connectivity index (χ3n) is 3.34. The molecule has 0 aromatic heterocycles. The molecular weight excluding hydrogens is 324 g/mol. The van der Waals surface area contributed by atoms with E-state index < -0.39 is 10.0 Å². The SMILES string of the molecule is CN(C)S(=O)(=O)c1cccc(C(=O)/C=C\c2cccc(C#N)c2)c1. The molecule has 2 rings (SSSR count). The summed E-state index contributed by atoms with van der Waals surface area (Å²) in [7, 11) is -0.715. The summed E-state index contributed by atoms with van der Waals surface area (Å²) < 4.78 is 25.3. The molecule has 6 heteroatoms. The second-order valence-electron chi connectivity index (χ2n) is 5.25. The van der Waals surface area contributed by atoms with Gasteiger partial charge in [-0.15, -0.1) is 0 Å². The van der Waals surface area contributed by atoms with E-state index in [1.165, 1.54) is 38.4 Å². The molecule has 2 aromatic carbocycles. The fraction of sp³-hybridized carbons (Fsp3) is 0.111. The third kappa shape index (κ3) is 3.96. The van der Waals surface area contributed by atoms with Crippen molar-refractivity contribution in [2.24, 2.45) is 0 Å². The molecule has 0 amide bonds. The molecule has 24 heavy (non-hydrogen) atoms. The molecule has 122 valence electrons. The van der Waals surface area contributed by atoms with Crippen LogP contribution in [0.4, 0.5) is 0 Å². The van der Waals surface area contributed by atoms with E-state index in [1.807, 2.05) is 6.07 Å². The maximum Gasteiger partial charge on any atom is 0.242 e. The lowest BCUT2D eigenvalue weighted by atomic mass is 10.1. The van der Waals surface area contributed by atoms with Crippen molar-refractivity contribution in [1.82, 2.24) is 4.31 Å². The highest BCUT2D eigenvalue weighted by Gasteiger charge is 2.18. The number of rotatable bonds is 5. The van der Waals surface area contributed by atoms with Gasteiger partial charge in [0.25, 0.3) is 0 Å². The number of carbonyl (C=O) groups is 1. The quantitative estimate of drug-likeness (QED) is 0.619. The Morgan fingerprint density at radius 3 is 2.50 bits per heavy atom. The molecule has 0 bridgehead atoms. The van der Waals surface area contributed by atoms with Gasteiger partial charge in [0.1, 0.15) is 0 Å². The van der Waals surface area contributed by atoms with Gasteiger partial charge in [0, 0.05) is 19.7 Å². The Morgan fingerprint density at radius 2 is 1.83 bits per heavy atom. The first-order valence-electron chi connectivity index (χ1n) is 7.10.